The van der Waals surface area contributed by atoms with Crippen LogP contribution in [0.15, 0.2) is 22.7 Å². The highest BCUT2D eigenvalue weighted by atomic mass is 79.9. The van der Waals surface area contributed by atoms with E-state index < -0.39 is 0 Å². The quantitative estimate of drug-likeness (QED) is 0.856. The Morgan fingerprint density at radius 1 is 1.33 bits per heavy atom. The molecule has 2 rings (SSSR count). The molecule has 0 amide bonds. The number of hydrogen-bond donors (Lipinski definition) is 1. The molecular weight excluding hydrogens is 310 g/mol. The van der Waals surface area contributed by atoms with Crippen molar-refractivity contribution in [3.05, 3.63) is 33.2 Å². The second kappa shape index (κ2) is 6.41. The second-order valence-electron chi connectivity index (χ2n) is 4.19. The summed E-state index contributed by atoms with van der Waals surface area (Å²) in [6.07, 6.45) is 2.09. The highest BCUT2D eigenvalue weighted by Crippen LogP contribution is 2.31. The van der Waals surface area contributed by atoms with Crippen LogP contribution in [0, 0.1) is 6.92 Å². The van der Waals surface area contributed by atoms with Crippen molar-refractivity contribution in [1.29, 1.82) is 0 Å². The van der Waals surface area contributed by atoms with E-state index in [4.69, 9.17) is 0 Å². The van der Waals surface area contributed by atoms with Crippen LogP contribution in [0.3, 0.4) is 0 Å². The molecule has 0 aliphatic heterocycles. The van der Waals surface area contributed by atoms with Crippen LogP contribution < -0.4 is 5.32 Å². The van der Waals surface area contributed by atoms with Gasteiger partial charge in [-0.05, 0) is 38.6 Å². The van der Waals surface area contributed by atoms with Crippen LogP contribution in [0.4, 0.5) is 0 Å². The summed E-state index contributed by atoms with van der Waals surface area (Å²) in [4.78, 5) is 0. The Kier molecular flexibility index (Phi) is 4.86. The molecule has 1 aromatic heterocycles. The predicted octanol–water partition coefficient (Wildman–Crippen LogP) is 3.43. The Bertz CT molecular complexity index is 525. The molecule has 18 heavy (non-hydrogen) atoms. The van der Waals surface area contributed by atoms with E-state index in [0.717, 1.165) is 39.4 Å². The monoisotopic (exact) mass is 325 g/mol. The lowest BCUT2D eigenvalue weighted by molar-refractivity contribution is 0.718. The maximum Gasteiger partial charge on any atom is 0.148 e. The molecule has 0 radical (unpaired) electrons. The lowest BCUT2D eigenvalue weighted by Crippen LogP contribution is -2.08. The molecule has 0 saturated carbocycles. The van der Waals surface area contributed by atoms with Gasteiger partial charge in [0.05, 0.1) is 0 Å². The van der Waals surface area contributed by atoms with E-state index in [9.17, 15) is 0 Å². The maximum absolute atomic E-state index is 4.27. The molecule has 0 saturated heterocycles. The van der Waals surface area contributed by atoms with E-state index in [1.54, 1.807) is 11.3 Å². The van der Waals surface area contributed by atoms with E-state index >= 15 is 0 Å². The number of benzene rings is 1. The van der Waals surface area contributed by atoms with Gasteiger partial charge in [-0.3, -0.25) is 0 Å². The largest absolute Gasteiger partial charge is 0.320 e. The molecule has 5 heteroatoms. The van der Waals surface area contributed by atoms with Crippen molar-refractivity contribution in [2.75, 3.05) is 13.6 Å². The fourth-order valence-electron chi connectivity index (χ4n) is 1.67. The summed E-state index contributed by atoms with van der Waals surface area (Å²) >= 11 is 5.26. The maximum atomic E-state index is 4.27. The SMILES string of the molecule is CNCCCc1nnc(-c2ccc(C)cc2Br)s1. The highest BCUT2D eigenvalue weighted by Gasteiger charge is 2.09. The van der Waals surface area contributed by atoms with Gasteiger partial charge in [0.1, 0.15) is 10.0 Å². The fourth-order valence-corrected chi connectivity index (χ4v) is 3.41. The summed E-state index contributed by atoms with van der Waals surface area (Å²) in [6, 6.07) is 6.30. The first-order valence-corrected chi connectivity index (χ1v) is 7.55. The third kappa shape index (κ3) is 3.37. The van der Waals surface area contributed by atoms with E-state index in [1.807, 2.05) is 7.05 Å². The molecule has 2 aromatic rings. The number of aryl methyl sites for hydroxylation is 2. The van der Waals surface area contributed by atoms with E-state index in [2.05, 4.69) is 56.6 Å². The Morgan fingerprint density at radius 3 is 2.89 bits per heavy atom. The fraction of sp³-hybridized carbons (Fsp3) is 0.385. The summed E-state index contributed by atoms with van der Waals surface area (Å²) in [6.45, 7) is 3.10. The summed E-state index contributed by atoms with van der Waals surface area (Å²) in [7, 11) is 1.97. The zero-order chi connectivity index (χ0) is 13.0. The number of halogens is 1. The van der Waals surface area contributed by atoms with Gasteiger partial charge >= 0.3 is 0 Å². The average Bonchev–Trinajstić information content (AvgIpc) is 2.78. The zero-order valence-corrected chi connectivity index (χ0v) is 12.9. The first kappa shape index (κ1) is 13.6. The van der Waals surface area contributed by atoms with Crippen LogP contribution in [-0.4, -0.2) is 23.8 Å². The van der Waals surface area contributed by atoms with Gasteiger partial charge in [-0.2, -0.15) is 0 Å². The summed E-state index contributed by atoms with van der Waals surface area (Å²) in [5.41, 5.74) is 2.36. The first-order chi connectivity index (χ1) is 8.70. The van der Waals surface area contributed by atoms with E-state index in [0.29, 0.717) is 0 Å². The van der Waals surface area contributed by atoms with Gasteiger partial charge < -0.3 is 5.32 Å². The van der Waals surface area contributed by atoms with Crippen molar-refractivity contribution < 1.29 is 0 Å². The smallest absolute Gasteiger partial charge is 0.148 e. The van der Waals surface area contributed by atoms with Gasteiger partial charge in [-0.15, -0.1) is 10.2 Å². The second-order valence-corrected chi connectivity index (χ2v) is 6.11. The van der Waals surface area contributed by atoms with Crippen molar-refractivity contribution in [3.63, 3.8) is 0 Å². The first-order valence-electron chi connectivity index (χ1n) is 5.94. The van der Waals surface area contributed by atoms with Crippen molar-refractivity contribution in [1.82, 2.24) is 15.5 Å². The van der Waals surface area contributed by atoms with Crippen LogP contribution in [0.1, 0.15) is 17.0 Å². The van der Waals surface area contributed by atoms with Crippen molar-refractivity contribution >= 4 is 27.3 Å². The molecule has 1 heterocycles. The molecule has 0 spiro atoms. The minimum absolute atomic E-state index is 0.987. The lowest BCUT2D eigenvalue weighted by Gasteiger charge is -2.00. The summed E-state index contributed by atoms with van der Waals surface area (Å²) < 4.78 is 1.08. The number of nitrogens with one attached hydrogen (secondary N) is 1. The van der Waals surface area contributed by atoms with Crippen molar-refractivity contribution in [2.24, 2.45) is 0 Å². The van der Waals surface area contributed by atoms with Gasteiger partial charge in [0.2, 0.25) is 0 Å². The molecule has 0 aliphatic rings. The van der Waals surface area contributed by atoms with Crippen LogP contribution in [-0.2, 0) is 6.42 Å². The van der Waals surface area contributed by atoms with Crippen LogP contribution >= 0.6 is 27.3 Å². The van der Waals surface area contributed by atoms with E-state index in [-0.39, 0.29) is 0 Å². The molecule has 1 N–H and O–H groups in total. The molecule has 96 valence electrons. The lowest BCUT2D eigenvalue weighted by atomic mass is 10.2. The summed E-state index contributed by atoms with van der Waals surface area (Å²) in [5.74, 6) is 0. The number of nitrogens with zero attached hydrogens (tertiary/aromatic N) is 2. The third-order valence-corrected chi connectivity index (χ3v) is 4.31. The molecule has 0 fully saturated rings. The molecule has 0 unspecified atom stereocenters. The zero-order valence-electron chi connectivity index (χ0n) is 10.5. The number of hydrogen-bond acceptors (Lipinski definition) is 4. The minimum atomic E-state index is 0.987. The Balaban J connectivity index is 2.13. The van der Waals surface area contributed by atoms with Crippen molar-refractivity contribution in [3.8, 4) is 10.6 Å². The summed E-state index contributed by atoms with van der Waals surface area (Å²) in [5, 5.41) is 13.8. The Labute approximate surface area is 120 Å². The van der Waals surface area contributed by atoms with Gasteiger partial charge in [-0.25, -0.2) is 0 Å². The Morgan fingerprint density at radius 2 is 2.17 bits per heavy atom. The minimum Gasteiger partial charge on any atom is -0.320 e. The van der Waals surface area contributed by atoms with Crippen LogP contribution in [0.25, 0.3) is 10.6 Å². The van der Waals surface area contributed by atoms with Gasteiger partial charge in [0.25, 0.3) is 0 Å². The number of aromatic nitrogens is 2. The molecule has 0 atom stereocenters. The molecule has 0 aliphatic carbocycles. The van der Waals surface area contributed by atoms with Gasteiger partial charge in [0.15, 0.2) is 0 Å². The van der Waals surface area contributed by atoms with Gasteiger partial charge in [0, 0.05) is 16.5 Å². The van der Waals surface area contributed by atoms with E-state index in [1.165, 1.54) is 5.56 Å². The Hall–Kier alpha value is -0.780. The average molecular weight is 326 g/mol. The topological polar surface area (TPSA) is 37.8 Å². The standard InChI is InChI=1S/C13H16BrN3S/c1-9-5-6-10(11(14)8-9)13-17-16-12(18-13)4-3-7-15-2/h5-6,8,15H,3-4,7H2,1-2H3. The number of rotatable bonds is 5. The van der Waals surface area contributed by atoms with Gasteiger partial charge in [-0.1, -0.05) is 39.4 Å². The van der Waals surface area contributed by atoms with Crippen LogP contribution in [0.5, 0.6) is 0 Å². The van der Waals surface area contributed by atoms with Crippen LogP contribution in [0.2, 0.25) is 0 Å². The highest BCUT2D eigenvalue weighted by molar-refractivity contribution is 9.10. The molecule has 0 bridgehead atoms. The van der Waals surface area contributed by atoms with Crippen molar-refractivity contribution in [2.45, 2.75) is 19.8 Å². The molecule has 3 nitrogen and oxygen atoms in total. The third-order valence-electron chi connectivity index (χ3n) is 2.64. The molecule has 1 aromatic carbocycles. The normalized spacial score (nSPS) is 10.8. The molecular formula is C13H16BrN3S. The predicted molar refractivity (Wildman–Crippen MR) is 80.0 cm³/mol.